The van der Waals surface area contributed by atoms with Crippen molar-refractivity contribution in [1.82, 2.24) is 0 Å². The van der Waals surface area contributed by atoms with Crippen molar-refractivity contribution in [2.45, 2.75) is 39.0 Å². The van der Waals surface area contributed by atoms with Gasteiger partial charge in [-0.25, -0.2) is 0 Å². The summed E-state index contributed by atoms with van der Waals surface area (Å²) in [4.78, 5) is 0. The molecule has 0 aliphatic rings. The predicted octanol–water partition coefficient (Wildman–Crippen LogP) is 3.13. The number of aliphatic hydroxyl groups is 1. The molecule has 0 saturated carbocycles. The fourth-order valence-corrected chi connectivity index (χ4v) is 1.74. The van der Waals surface area contributed by atoms with Gasteiger partial charge in [-0.2, -0.15) is 0 Å². The van der Waals surface area contributed by atoms with E-state index in [2.05, 4.69) is 38.1 Å². The van der Waals surface area contributed by atoms with E-state index in [1.54, 1.807) is 0 Å². The second-order valence-corrected chi connectivity index (χ2v) is 3.76. The molecule has 1 aromatic rings. The van der Waals surface area contributed by atoms with Gasteiger partial charge in [-0.3, -0.25) is 0 Å². The van der Waals surface area contributed by atoms with E-state index in [0.29, 0.717) is 5.92 Å². The standard InChI is InChI=1S/C13H20O/c1-3-5-13(10-14)12-8-6-11(4-2)7-9-12/h6-9,13-14H,3-5,10H2,1-2H3. The van der Waals surface area contributed by atoms with Crippen molar-refractivity contribution in [3.63, 3.8) is 0 Å². The van der Waals surface area contributed by atoms with Gasteiger partial charge in [0.15, 0.2) is 0 Å². The van der Waals surface area contributed by atoms with Crippen LogP contribution >= 0.6 is 0 Å². The molecule has 0 amide bonds. The van der Waals surface area contributed by atoms with Crippen molar-refractivity contribution in [2.24, 2.45) is 0 Å². The van der Waals surface area contributed by atoms with Gasteiger partial charge in [0.25, 0.3) is 0 Å². The Morgan fingerprint density at radius 3 is 2.21 bits per heavy atom. The van der Waals surface area contributed by atoms with Crippen LogP contribution in [-0.4, -0.2) is 11.7 Å². The van der Waals surface area contributed by atoms with Crippen molar-refractivity contribution in [1.29, 1.82) is 0 Å². The minimum Gasteiger partial charge on any atom is -0.396 e. The highest BCUT2D eigenvalue weighted by molar-refractivity contribution is 5.25. The molecule has 14 heavy (non-hydrogen) atoms. The maximum absolute atomic E-state index is 9.24. The summed E-state index contributed by atoms with van der Waals surface area (Å²) in [6.45, 7) is 4.58. The zero-order chi connectivity index (χ0) is 10.4. The average Bonchev–Trinajstić information content (AvgIpc) is 2.26. The Hall–Kier alpha value is -0.820. The minimum atomic E-state index is 0.263. The third-order valence-corrected chi connectivity index (χ3v) is 2.72. The second kappa shape index (κ2) is 5.82. The first-order valence-electron chi connectivity index (χ1n) is 5.51. The van der Waals surface area contributed by atoms with Gasteiger partial charge in [0.1, 0.15) is 0 Å². The highest BCUT2D eigenvalue weighted by Gasteiger charge is 2.08. The summed E-state index contributed by atoms with van der Waals surface area (Å²) < 4.78 is 0. The molecule has 0 bridgehead atoms. The molecule has 78 valence electrons. The Kier molecular flexibility index (Phi) is 4.68. The Morgan fingerprint density at radius 2 is 1.79 bits per heavy atom. The molecule has 0 heterocycles. The van der Waals surface area contributed by atoms with Gasteiger partial charge in [0.05, 0.1) is 0 Å². The molecule has 0 aromatic heterocycles. The SMILES string of the molecule is CCCC(CO)c1ccc(CC)cc1. The van der Waals surface area contributed by atoms with Gasteiger partial charge in [0.2, 0.25) is 0 Å². The van der Waals surface area contributed by atoms with Gasteiger partial charge in [-0.1, -0.05) is 44.5 Å². The molecule has 0 aliphatic heterocycles. The van der Waals surface area contributed by atoms with E-state index < -0.39 is 0 Å². The average molecular weight is 192 g/mol. The van der Waals surface area contributed by atoms with Crippen LogP contribution in [0, 0.1) is 0 Å². The first kappa shape index (κ1) is 11.3. The zero-order valence-corrected chi connectivity index (χ0v) is 9.16. The van der Waals surface area contributed by atoms with Crippen LogP contribution in [0.25, 0.3) is 0 Å². The molecule has 1 N–H and O–H groups in total. The van der Waals surface area contributed by atoms with Crippen LogP contribution in [0.4, 0.5) is 0 Å². The molecule has 1 unspecified atom stereocenters. The van der Waals surface area contributed by atoms with Crippen LogP contribution in [0.5, 0.6) is 0 Å². The summed E-state index contributed by atoms with van der Waals surface area (Å²) >= 11 is 0. The first-order chi connectivity index (χ1) is 6.81. The molecule has 1 heteroatoms. The lowest BCUT2D eigenvalue weighted by molar-refractivity contribution is 0.258. The van der Waals surface area contributed by atoms with Gasteiger partial charge < -0.3 is 5.11 Å². The molecule has 0 fully saturated rings. The summed E-state index contributed by atoms with van der Waals surface area (Å²) in [5.74, 6) is 0.325. The summed E-state index contributed by atoms with van der Waals surface area (Å²) in [6.07, 6.45) is 3.28. The Labute approximate surface area is 86.8 Å². The van der Waals surface area contributed by atoms with Crippen LogP contribution in [0.2, 0.25) is 0 Å². The first-order valence-corrected chi connectivity index (χ1v) is 5.51. The van der Waals surface area contributed by atoms with Gasteiger partial charge in [0, 0.05) is 12.5 Å². The highest BCUT2D eigenvalue weighted by atomic mass is 16.3. The fourth-order valence-electron chi connectivity index (χ4n) is 1.74. The molecule has 1 aromatic carbocycles. The molecule has 0 aliphatic carbocycles. The van der Waals surface area contributed by atoms with E-state index in [1.807, 2.05) is 0 Å². The number of aryl methyl sites for hydroxylation is 1. The lowest BCUT2D eigenvalue weighted by atomic mass is 9.94. The van der Waals surface area contributed by atoms with Gasteiger partial charge in [-0.05, 0) is 24.0 Å². The van der Waals surface area contributed by atoms with Crippen LogP contribution < -0.4 is 0 Å². The van der Waals surface area contributed by atoms with E-state index in [1.165, 1.54) is 11.1 Å². The summed E-state index contributed by atoms with van der Waals surface area (Å²) in [7, 11) is 0. The Balaban J connectivity index is 2.73. The molecule has 1 nitrogen and oxygen atoms in total. The van der Waals surface area contributed by atoms with E-state index in [4.69, 9.17) is 0 Å². The van der Waals surface area contributed by atoms with Gasteiger partial charge in [-0.15, -0.1) is 0 Å². The lowest BCUT2D eigenvalue weighted by Crippen LogP contribution is -2.03. The normalized spacial score (nSPS) is 12.8. The monoisotopic (exact) mass is 192 g/mol. The molecule has 0 saturated heterocycles. The van der Waals surface area contributed by atoms with E-state index in [9.17, 15) is 5.11 Å². The molecule has 0 spiro atoms. The van der Waals surface area contributed by atoms with Gasteiger partial charge >= 0.3 is 0 Å². The van der Waals surface area contributed by atoms with Crippen molar-refractivity contribution in [2.75, 3.05) is 6.61 Å². The molecular weight excluding hydrogens is 172 g/mol. The van der Waals surface area contributed by atoms with E-state index in [0.717, 1.165) is 19.3 Å². The smallest absolute Gasteiger partial charge is 0.0499 e. The number of rotatable bonds is 5. The topological polar surface area (TPSA) is 20.2 Å². The molecule has 1 rings (SSSR count). The van der Waals surface area contributed by atoms with Crippen LogP contribution in [0.1, 0.15) is 43.7 Å². The summed E-state index contributed by atoms with van der Waals surface area (Å²) in [6, 6.07) is 8.62. The van der Waals surface area contributed by atoms with Crippen molar-refractivity contribution >= 4 is 0 Å². The Morgan fingerprint density at radius 1 is 1.14 bits per heavy atom. The zero-order valence-electron chi connectivity index (χ0n) is 9.16. The highest BCUT2D eigenvalue weighted by Crippen LogP contribution is 2.21. The van der Waals surface area contributed by atoms with Crippen molar-refractivity contribution < 1.29 is 5.11 Å². The number of benzene rings is 1. The lowest BCUT2D eigenvalue weighted by Gasteiger charge is -2.13. The van der Waals surface area contributed by atoms with E-state index in [-0.39, 0.29) is 6.61 Å². The number of aliphatic hydroxyl groups excluding tert-OH is 1. The second-order valence-electron chi connectivity index (χ2n) is 3.76. The summed E-state index contributed by atoms with van der Waals surface area (Å²) in [5.41, 5.74) is 2.63. The number of hydrogen-bond acceptors (Lipinski definition) is 1. The minimum absolute atomic E-state index is 0.263. The van der Waals surface area contributed by atoms with Crippen LogP contribution in [0.15, 0.2) is 24.3 Å². The summed E-state index contributed by atoms with van der Waals surface area (Å²) in [5, 5.41) is 9.24. The Bertz CT molecular complexity index is 250. The van der Waals surface area contributed by atoms with Crippen LogP contribution in [-0.2, 0) is 6.42 Å². The largest absolute Gasteiger partial charge is 0.396 e. The fraction of sp³-hybridized carbons (Fsp3) is 0.538. The molecular formula is C13H20O. The van der Waals surface area contributed by atoms with Crippen LogP contribution in [0.3, 0.4) is 0 Å². The predicted molar refractivity (Wildman–Crippen MR) is 60.6 cm³/mol. The maximum atomic E-state index is 9.24. The molecule has 0 radical (unpaired) electrons. The number of hydrogen-bond donors (Lipinski definition) is 1. The third-order valence-electron chi connectivity index (χ3n) is 2.72. The quantitative estimate of drug-likeness (QED) is 0.760. The molecule has 1 atom stereocenters. The third kappa shape index (κ3) is 2.85. The van der Waals surface area contributed by atoms with Crippen molar-refractivity contribution in [3.8, 4) is 0 Å². The van der Waals surface area contributed by atoms with Crippen molar-refractivity contribution in [3.05, 3.63) is 35.4 Å². The van der Waals surface area contributed by atoms with E-state index >= 15 is 0 Å². The maximum Gasteiger partial charge on any atom is 0.0499 e.